The number of non-ortho nitro benzene ring substituents is 1. The third-order valence-corrected chi connectivity index (χ3v) is 6.68. The van der Waals surface area contributed by atoms with Crippen LogP contribution in [-0.2, 0) is 17.6 Å². The number of nitrogens with zero attached hydrogens (tertiary/aromatic N) is 3. The first-order valence-corrected chi connectivity index (χ1v) is 11.1. The highest BCUT2D eigenvalue weighted by Crippen LogP contribution is 2.38. The largest absolute Gasteiger partial charge is 0.457 e. The second-order valence-corrected chi connectivity index (χ2v) is 8.71. The van der Waals surface area contributed by atoms with Crippen LogP contribution in [0.3, 0.4) is 0 Å². The fourth-order valence-corrected chi connectivity index (χ4v) is 5.08. The lowest BCUT2D eigenvalue weighted by atomic mass is 9.96. The molecule has 1 aliphatic carbocycles. The first kappa shape index (κ1) is 22.0. The number of fused-ring (bicyclic) bond motifs is 1. The molecule has 0 bridgehead atoms. The molecule has 2 heterocycles. The number of aryl methyl sites for hydroxylation is 2. The van der Waals surface area contributed by atoms with Crippen LogP contribution in [0.25, 0.3) is 17.4 Å². The van der Waals surface area contributed by atoms with Gasteiger partial charge in [0.15, 0.2) is 0 Å². The third kappa shape index (κ3) is 4.40. The lowest BCUT2D eigenvalue weighted by Gasteiger charge is -2.09. The molecule has 9 heteroatoms. The molecule has 3 aromatic rings. The van der Waals surface area contributed by atoms with Crippen LogP contribution in [0.4, 0.5) is 10.7 Å². The monoisotopic (exact) mass is 458 g/mol. The number of amides is 1. The van der Waals surface area contributed by atoms with E-state index in [0.717, 1.165) is 36.1 Å². The summed E-state index contributed by atoms with van der Waals surface area (Å²) in [5.74, 6) is 0.140. The Bertz CT molecular complexity index is 1380. The maximum absolute atomic E-state index is 12.8. The number of nitro groups is 1. The topological polar surface area (TPSA) is 133 Å². The number of carbonyl (C=O) groups is 1. The molecule has 4 rings (SSSR count). The summed E-state index contributed by atoms with van der Waals surface area (Å²) in [6.45, 7) is 1.74. The van der Waals surface area contributed by atoms with Crippen molar-refractivity contribution in [3.8, 4) is 23.5 Å². The standard InChI is InChI=1S/C24H18N4O4S/c1-14-10-16(28(30)31)6-8-18(14)21-9-7-17(32-21)11-15(12-25)23(29)27-24-20(13-26)19-4-2-3-5-22(19)33-24/h6-11H,2-5H2,1H3,(H,27,29)/b15-11-. The van der Waals surface area contributed by atoms with Crippen molar-refractivity contribution in [3.63, 3.8) is 0 Å². The molecule has 0 fully saturated rings. The van der Waals surface area contributed by atoms with Crippen LogP contribution in [0, 0.1) is 39.7 Å². The zero-order valence-electron chi connectivity index (χ0n) is 17.7. The number of hydrogen-bond acceptors (Lipinski definition) is 7. The smallest absolute Gasteiger partial charge is 0.269 e. The second-order valence-electron chi connectivity index (χ2n) is 7.61. The predicted molar refractivity (Wildman–Crippen MR) is 123 cm³/mol. The van der Waals surface area contributed by atoms with E-state index in [-0.39, 0.29) is 11.3 Å². The van der Waals surface area contributed by atoms with E-state index < -0.39 is 10.8 Å². The van der Waals surface area contributed by atoms with Gasteiger partial charge >= 0.3 is 0 Å². The molecular weight excluding hydrogens is 440 g/mol. The average molecular weight is 458 g/mol. The van der Waals surface area contributed by atoms with Gasteiger partial charge < -0.3 is 9.73 Å². The maximum Gasteiger partial charge on any atom is 0.269 e. The highest BCUT2D eigenvalue weighted by Gasteiger charge is 2.23. The molecule has 2 aromatic heterocycles. The molecule has 8 nitrogen and oxygen atoms in total. The van der Waals surface area contributed by atoms with E-state index in [1.165, 1.54) is 29.5 Å². The number of hydrogen-bond donors (Lipinski definition) is 1. The molecule has 0 spiro atoms. The molecule has 1 aromatic carbocycles. The molecule has 0 saturated carbocycles. The molecule has 0 saturated heterocycles. The number of carbonyl (C=O) groups excluding carboxylic acids is 1. The van der Waals surface area contributed by atoms with Crippen LogP contribution in [-0.4, -0.2) is 10.8 Å². The van der Waals surface area contributed by atoms with Crippen molar-refractivity contribution in [1.29, 1.82) is 10.5 Å². The fraction of sp³-hybridized carbons (Fsp3) is 0.208. The maximum atomic E-state index is 12.8. The number of nitriles is 2. The normalized spacial score (nSPS) is 13.0. The number of benzene rings is 1. The quantitative estimate of drug-likeness (QED) is 0.232. The Hall–Kier alpha value is -4.21. The van der Waals surface area contributed by atoms with Gasteiger partial charge in [-0.3, -0.25) is 14.9 Å². The van der Waals surface area contributed by atoms with E-state index in [2.05, 4.69) is 11.4 Å². The van der Waals surface area contributed by atoms with Crippen molar-refractivity contribution >= 4 is 34.0 Å². The van der Waals surface area contributed by atoms with Crippen molar-refractivity contribution in [2.45, 2.75) is 32.6 Å². The minimum Gasteiger partial charge on any atom is -0.457 e. The predicted octanol–water partition coefficient (Wildman–Crippen LogP) is 5.52. The first-order valence-electron chi connectivity index (χ1n) is 10.2. The summed E-state index contributed by atoms with van der Waals surface area (Å²) in [6.07, 6.45) is 5.12. The highest BCUT2D eigenvalue weighted by molar-refractivity contribution is 7.16. The van der Waals surface area contributed by atoms with Gasteiger partial charge in [0.05, 0.1) is 10.5 Å². The molecule has 0 radical (unpaired) electrons. The Balaban J connectivity index is 1.57. The van der Waals surface area contributed by atoms with Gasteiger partial charge in [0.2, 0.25) is 0 Å². The summed E-state index contributed by atoms with van der Waals surface area (Å²) >= 11 is 1.39. The number of anilines is 1. The van der Waals surface area contributed by atoms with Crippen LogP contribution < -0.4 is 5.32 Å². The van der Waals surface area contributed by atoms with Gasteiger partial charge in [-0.1, -0.05) is 0 Å². The summed E-state index contributed by atoms with van der Waals surface area (Å²) in [5, 5.41) is 33.2. The van der Waals surface area contributed by atoms with Crippen LogP contribution in [0.5, 0.6) is 0 Å². The summed E-state index contributed by atoms with van der Waals surface area (Å²) in [7, 11) is 0. The van der Waals surface area contributed by atoms with E-state index in [4.69, 9.17) is 4.42 Å². The first-order chi connectivity index (χ1) is 15.9. The summed E-state index contributed by atoms with van der Waals surface area (Å²) in [5.41, 5.74) is 2.64. The lowest BCUT2D eigenvalue weighted by Crippen LogP contribution is -2.13. The number of nitro benzene ring substituents is 1. The molecule has 0 unspecified atom stereocenters. The van der Waals surface area contributed by atoms with Gasteiger partial charge in [-0.05, 0) is 61.9 Å². The number of nitrogens with one attached hydrogen (secondary N) is 1. The Morgan fingerprint density at radius 3 is 2.73 bits per heavy atom. The van der Waals surface area contributed by atoms with Gasteiger partial charge in [-0.2, -0.15) is 10.5 Å². The van der Waals surface area contributed by atoms with E-state index in [1.54, 1.807) is 25.1 Å². The third-order valence-electron chi connectivity index (χ3n) is 5.47. The highest BCUT2D eigenvalue weighted by atomic mass is 32.1. The molecule has 1 aliphatic rings. The van der Waals surface area contributed by atoms with Gasteiger partial charge in [0, 0.05) is 28.6 Å². The van der Waals surface area contributed by atoms with E-state index in [1.807, 2.05) is 6.07 Å². The molecule has 1 amide bonds. The fourth-order valence-electron chi connectivity index (χ4n) is 3.85. The zero-order chi connectivity index (χ0) is 23.5. The van der Waals surface area contributed by atoms with Gasteiger partial charge in [-0.25, -0.2) is 0 Å². The average Bonchev–Trinajstić information content (AvgIpc) is 3.40. The molecule has 0 aliphatic heterocycles. The van der Waals surface area contributed by atoms with Crippen LogP contribution in [0.15, 0.2) is 40.3 Å². The Morgan fingerprint density at radius 2 is 2.03 bits per heavy atom. The molecule has 33 heavy (non-hydrogen) atoms. The minimum atomic E-state index is -0.614. The SMILES string of the molecule is Cc1cc([N+](=O)[O-])ccc1-c1ccc(/C=C(/C#N)C(=O)Nc2sc3c(c2C#N)CCCC3)o1. The number of rotatable bonds is 5. The molecule has 164 valence electrons. The van der Waals surface area contributed by atoms with Crippen LogP contribution >= 0.6 is 11.3 Å². The van der Waals surface area contributed by atoms with Crippen molar-refractivity contribution in [2.24, 2.45) is 0 Å². The molecule has 0 atom stereocenters. The number of thiophene rings is 1. The van der Waals surface area contributed by atoms with Crippen LogP contribution in [0.2, 0.25) is 0 Å². The summed E-state index contributed by atoms with van der Waals surface area (Å²) in [4.78, 5) is 24.3. The Morgan fingerprint density at radius 1 is 1.24 bits per heavy atom. The van der Waals surface area contributed by atoms with Gasteiger partial charge in [0.25, 0.3) is 11.6 Å². The van der Waals surface area contributed by atoms with Gasteiger partial charge in [-0.15, -0.1) is 11.3 Å². The van der Waals surface area contributed by atoms with E-state index in [0.29, 0.717) is 33.2 Å². The minimum absolute atomic E-state index is 0.0154. The lowest BCUT2D eigenvalue weighted by molar-refractivity contribution is -0.384. The van der Waals surface area contributed by atoms with Crippen molar-refractivity contribution in [3.05, 3.63) is 73.3 Å². The Kier molecular flexibility index (Phi) is 6.07. The zero-order valence-corrected chi connectivity index (χ0v) is 18.5. The van der Waals surface area contributed by atoms with E-state index in [9.17, 15) is 25.4 Å². The summed E-state index contributed by atoms with van der Waals surface area (Å²) in [6, 6.07) is 11.8. The molecule has 1 N–H and O–H groups in total. The second kappa shape index (κ2) is 9.11. The van der Waals surface area contributed by atoms with Gasteiger partial charge in [0.1, 0.15) is 34.2 Å². The number of furan rings is 1. The molecular formula is C24H18N4O4S. The van der Waals surface area contributed by atoms with Crippen molar-refractivity contribution < 1.29 is 14.1 Å². The summed E-state index contributed by atoms with van der Waals surface area (Å²) < 4.78 is 5.77. The van der Waals surface area contributed by atoms with Crippen molar-refractivity contribution in [2.75, 3.05) is 5.32 Å². The van der Waals surface area contributed by atoms with E-state index >= 15 is 0 Å². The Labute approximate surface area is 193 Å². The van der Waals surface area contributed by atoms with Crippen molar-refractivity contribution in [1.82, 2.24) is 0 Å². The van der Waals surface area contributed by atoms with Crippen LogP contribution in [0.1, 0.15) is 40.2 Å².